The Morgan fingerprint density at radius 2 is 1.80 bits per heavy atom. The third kappa shape index (κ3) is 7.57. The van der Waals surface area contributed by atoms with Crippen LogP contribution in [0, 0.1) is 11.3 Å². The van der Waals surface area contributed by atoms with Crippen LogP contribution in [0.4, 0.5) is 13.6 Å². The van der Waals surface area contributed by atoms with E-state index in [4.69, 9.17) is 14.0 Å². The molecule has 1 aliphatic rings. The van der Waals surface area contributed by atoms with Gasteiger partial charge in [-0.05, 0) is 69.0 Å². The average molecular weight is 568 g/mol. The first-order valence-electron chi connectivity index (χ1n) is 13.1. The van der Waals surface area contributed by atoms with E-state index >= 15 is 0 Å². The van der Waals surface area contributed by atoms with Gasteiger partial charge in [-0.1, -0.05) is 17.3 Å². The molecule has 3 aromatic rings. The minimum Gasteiger partial charge on any atom is -0.484 e. The van der Waals surface area contributed by atoms with Crippen LogP contribution in [0.3, 0.4) is 0 Å². The van der Waals surface area contributed by atoms with Crippen molar-refractivity contribution < 1.29 is 32.4 Å². The van der Waals surface area contributed by atoms with Crippen LogP contribution in [0.25, 0.3) is 22.8 Å². The first kappa shape index (κ1) is 29.5. The zero-order valence-corrected chi connectivity index (χ0v) is 23.1. The van der Waals surface area contributed by atoms with Gasteiger partial charge in [-0.15, -0.1) is 0 Å². The monoisotopic (exact) mass is 567 g/mol. The Morgan fingerprint density at radius 3 is 2.49 bits per heavy atom. The van der Waals surface area contributed by atoms with Gasteiger partial charge in [-0.2, -0.15) is 10.2 Å². The van der Waals surface area contributed by atoms with Crippen molar-refractivity contribution in [2.45, 2.75) is 45.3 Å². The molecule has 1 N–H and O–H groups in total. The van der Waals surface area contributed by atoms with Gasteiger partial charge in [0.05, 0.1) is 5.56 Å². The normalized spacial score (nSPS) is 13.2. The van der Waals surface area contributed by atoms with Gasteiger partial charge in [0.25, 0.3) is 5.89 Å². The number of amides is 2. The van der Waals surface area contributed by atoms with Crippen molar-refractivity contribution in [3.63, 3.8) is 0 Å². The number of fused-ring (bicyclic) bond motifs is 1. The van der Waals surface area contributed by atoms with E-state index in [-0.39, 0.29) is 29.7 Å². The smallest absolute Gasteiger partial charge is 0.408 e. The molecule has 1 aromatic heterocycles. The summed E-state index contributed by atoms with van der Waals surface area (Å²) in [5.41, 5.74) is 2.76. The molecule has 0 saturated carbocycles. The maximum Gasteiger partial charge on any atom is 0.408 e. The summed E-state index contributed by atoms with van der Waals surface area (Å²) in [5, 5.41) is 16.1. The Hall–Kier alpha value is -4.53. The highest BCUT2D eigenvalue weighted by Crippen LogP contribution is 2.29. The summed E-state index contributed by atoms with van der Waals surface area (Å²) >= 11 is 0. The predicted octanol–water partition coefficient (Wildman–Crippen LogP) is 4.41. The van der Waals surface area contributed by atoms with E-state index in [1.807, 2.05) is 24.3 Å². The summed E-state index contributed by atoms with van der Waals surface area (Å²) in [7, 11) is 0. The molecular formula is C29H31F2N5O5. The van der Waals surface area contributed by atoms with Crippen molar-refractivity contribution in [1.82, 2.24) is 20.4 Å². The summed E-state index contributed by atoms with van der Waals surface area (Å²) in [6.45, 7) is 4.09. The van der Waals surface area contributed by atoms with Crippen LogP contribution < -0.4 is 10.1 Å². The molecule has 10 nitrogen and oxygen atoms in total. The minimum atomic E-state index is -1.28. The van der Waals surface area contributed by atoms with Crippen molar-refractivity contribution >= 4 is 12.0 Å². The lowest BCUT2D eigenvalue weighted by atomic mass is 10.00. The summed E-state index contributed by atoms with van der Waals surface area (Å²) in [4.78, 5) is 30.8. The van der Waals surface area contributed by atoms with Crippen molar-refractivity contribution in [3.05, 3.63) is 53.1 Å². The van der Waals surface area contributed by atoms with Crippen LogP contribution in [0.15, 0.2) is 40.9 Å². The Morgan fingerprint density at radius 1 is 1.10 bits per heavy atom. The van der Waals surface area contributed by atoms with Crippen molar-refractivity contribution in [3.8, 4) is 34.7 Å². The van der Waals surface area contributed by atoms with Crippen LogP contribution in [0.2, 0.25) is 0 Å². The number of nitrogens with one attached hydrogen (secondary N) is 1. The number of nitriles is 1. The van der Waals surface area contributed by atoms with E-state index in [0.717, 1.165) is 16.7 Å². The Bertz CT molecular complexity index is 1440. The van der Waals surface area contributed by atoms with Crippen LogP contribution in [0.5, 0.6) is 5.75 Å². The molecule has 12 heteroatoms. The number of rotatable bonds is 8. The van der Waals surface area contributed by atoms with Gasteiger partial charge in [-0.3, -0.25) is 4.79 Å². The van der Waals surface area contributed by atoms with E-state index in [1.165, 1.54) is 12.1 Å². The average Bonchev–Trinajstić information content (AvgIpc) is 3.34. The predicted molar refractivity (Wildman–Crippen MR) is 144 cm³/mol. The number of aromatic nitrogens is 2. The van der Waals surface area contributed by atoms with E-state index in [2.05, 4.69) is 15.5 Å². The standard InChI is InChI=1S/C29H31F2N5O5/c1-29(2,3)40-28(38)33-17-25(37)36-10-8-18-4-5-20(12-19(18)9-11-36)26-34-27(41-35-26)21-6-7-24(22(13-21)16-32)39-23(14-30)15-31/h4-7,12-13,23H,8-11,14-15,17H2,1-3H3,(H,33,38). The van der Waals surface area contributed by atoms with Crippen LogP contribution in [-0.2, 0) is 22.4 Å². The lowest BCUT2D eigenvalue weighted by Crippen LogP contribution is -2.42. The van der Waals surface area contributed by atoms with Crippen molar-refractivity contribution in [1.29, 1.82) is 5.26 Å². The Labute approximate surface area is 236 Å². The molecule has 0 unspecified atom stereocenters. The van der Waals surface area contributed by atoms with E-state index in [0.29, 0.717) is 37.3 Å². The topological polar surface area (TPSA) is 131 Å². The lowest BCUT2D eigenvalue weighted by molar-refractivity contribution is -0.130. The molecule has 216 valence electrons. The lowest BCUT2D eigenvalue weighted by Gasteiger charge is -2.22. The minimum absolute atomic E-state index is 0.0650. The number of nitrogens with zero attached hydrogens (tertiary/aromatic N) is 4. The molecule has 2 heterocycles. The highest BCUT2D eigenvalue weighted by atomic mass is 19.1. The quantitative estimate of drug-likeness (QED) is 0.424. The maximum atomic E-state index is 12.9. The second-order valence-corrected chi connectivity index (χ2v) is 10.5. The van der Waals surface area contributed by atoms with Gasteiger partial charge in [0.15, 0.2) is 6.10 Å². The number of halogens is 2. The van der Waals surface area contributed by atoms with E-state index in [9.17, 15) is 23.6 Å². The SMILES string of the molecule is CC(C)(C)OC(=O)NCC(=O)N1CCc2ccc(-c3noc(-c4ccc(OC(CF)CF)c(C#N)c4)n3)cc2CC1. The second-order valence-electron chi connectivity index (χ2n) is 10.5. The molecule has 2 amide bonds. The molecule has 1 aliphatic heterocycles. The third-order valence-electron chi connectivity index (χ3n) is 6.31. The van der Waals surface area contributed by atoms with Crippen molar-refractivity contribution in [2.75, 3.05) is 33.0 Å². The first-order valence-corrected chi connectivity index (χ1v) is 13.1. The molecule has 0 spiro atoms. The van der Waals surface area contributed by atoms with Gasteiger partial charge < -0.3 is 24.2 Å². The number of carbonyl (C=O) groups is 2. The largest absolute Gasteiger partial charge is 0.484 e. The number of benzene rings is 2. The number of ether oxygens (including phenoxy) is 2. The van der Waals surface area contributed by atoms with Crippen molar-refractivity contribution in [2.24, 2.45) is 0 Å². The number of carbonyl (C=O) groups excluding carboxylic acids is 2. The van der Waals surface area contributed by atoms with E-state index < -0.39 is 31.1 Å². The zero-order chi connectivity index (χ0) is 29.6. The highest BCUT2D eigenvalue weighted by molar-refractivity contribution is 5.82. The van der Waals surface area contributed by atoms with Gasteiger partial charge in [-0.25, -0.2) is 13.6 Å². The highest BCUT2D eigenvalue weighted by Gasteiger charge is 2.22. The van der Waals surface area contributed by atoms with E-state index in [1.54, 1.807) is 31.7 Å². The number of alkyl halides is 2. The van der Waals surface area contributed by atoms with Gasteiger partial charge in [0.2, 0.25) is 11.7 Å². The molecule has 0 fully saturated rings. The fraction of sp³-hybridized carbons (Fsp3) is 0.414. The number of hydrogen-bond acceptors (Lipinski definition) is 8. The summed E-state index contributed by atoms with van der Waals surface area (Å²) in [6, 6.07) is 12.2. The molecule has 4 rings (SSSR count). The Balaban J connectivity index is 1.42. The summed E-state index contributed by atoms with van der Waals surface area (Å²) < 4.78 is 41.6. The zero-order valence-electron chi connectivity index (χ0n) is 23.1. The maximum absolute atomic E-state index is 12.9. The number of hydrogen-bond donors (Lipinski definition) is 1. The first-order chi connectivity index (χ1) is 19.6. The Kier molecular flexibility index (Phi) is 9.17. The molecule has 0 saturated heterocycles. The second kappa shape index (κ2) is 12.8. The molecule has 0 bridgehead atoms. The molecule has 2 aromatic carbocycles. The summed E-state index contributed by atoms with van der Waals surface area (Å²) in [6.07, 6.45) is -0.654. The third-order valence-corrected chi connectivity index (χ3v) is 6.31. The van der Waals surface area contributed by atoms with Gasteiger partial charge in [0.1, 0.15) is 37.3 Å². The van der Waals surface area contributed by atoms with Gasteiger partial charge >= 0.3 is 6.09 Å². The summed E-state index contributed by atoms with van der Waals surface area (Å²) in [5.74, 6) is 0.384. The van der Waals surface area contributed by atoms with Crippen LogP contribution in [0.1, 0.15) is 37.5 Å². The molecule has 41 heavy (non-hydrogen) atoms. The molecule has 0 radical (unpaired) electrons. The molecular weight excluding hydrogens is 536 g/mol. The fourth-order valence-corrected chi connectivity index (χ4v) is 4.28. The number of alkyl carbamates (subject to hydrolysis) is 1. The van der Waals surface area contributed by atoms with Gasteiger partial charge in [0, 0.05) is 24.2 Å². The molecule has 0 aliphatic carbocycles. The van der Waals surface area contributed by atoms with Crippen LogP contribution in [-0.4, -0.2) is 71.7 Å². The van der Waals surface area contributed by atoms with Crippen LogP contribution >= 0.6 is 0 Å². The molecule has 0 atom stereocenters. The fourth-order valence-electron chi connectivity index (χ4n) is 4.28.